The number of aryl methyl sites for hydroxylation is 2. The van der Waals surface area contributed by atoms with E-state index in [2.05, 4.69) is 16.0 Å². The maximum Gasteiger partial charge on any atom is 0.0558 e. The average Bonchev–Trinajstić information content (AvgIpc) is 2.10. The normalized spacial score (nSPS) is 10.9. The Hall–Kier alpha value is -0.930. The zero-order valence-corrected chi connectivity index (χ0v) is 9.12. The lowest BCUT2D eigenvalue weighted by Gasteiger charge is -2.16. The molecule has 0 unspecified atom stereocenters. The van der Waals surface area contributed by atoms with Crippen LogP contribution in [0.1, 0.15) is 17.0 Å². The monoisotopic (exact) mass is 194 g/mol. The van der Waals surface area contributed by atoms with Gasteiger partial charge in [-0.3, -0.25) is 9.88 Å². The Balaban J connectivity index is 2.67. The van der Waals surface area contributed by atoms with Crippen molar-refractivity contribution >= 4 is 0 Å². The van der Waals surface area contributed by atoms with Gasteiger partial charge in [0, 0.05) is 24.5 Å². The van der Waals surface area contributed by atoms with Crippen molar-refractivity contribution in [3.63, 3.8) is 0 Å². The number of pyridine rings is 1. The summed E-state index contributed by atoms with van der Waals surface area (Å²) in [6.45, 7) is 5.77. The van der Waals surface area contributed by atoms with E-state index in [1.807, 2.05) is 27.0 Å². The molecule has 1 aromatic heterocycles. The molecule has 1 aromatic rings. The van der Waals surface area contributed by atoms with E-state index in [0.717, 1.165) is 17.9 Å². The lowest BCUT2D eigenvalue weighted by molar-refractivity contribution is 0.217. The van der Waals surface area contributed by atoms with E-state index in [-0.39, 0.29) is 6.61 Å². The van der Waals surface area contributed by atoms with E-state index in [1.54, 1.807) is 0 Å². The fraction of sp³-hybridized carbons (Fsp3) is 0.545. The van der Waals surface area contributed by atoms with Gasteiger partial charge in [0.1, 0.15) is 0 Å². The highest BCUT2D eigenvalue weighted by atomic mass is 16.3. The minimum atomic E-state index is 0.203. The summed E-state index contributed by atoms with van der Waals surface area (Å²) in [5.74, 6) is 0. The SMILES string of the molecule is Cc1ccc(CN(C)CCO)c(C)n1. The van der Waals surface area contributed by atoms with Gasteiger partial charge in [0.25, 0.3) is 0 Å². The van der Waals surface area contributed by atoms with E-state index in [0.29, 0.717) is 6.54 Å². The van der Waals surface area contributed by atoms with Crippen LogP contribution in [0, 0.1) is 13.8 Å². The second kappa shape index (κ2) is 5.08. The van der Waals surface area contributed by atoms with Crippen molar-refractivity contribution in [3.05, 3.63) is 29.1 Å². The molecule has 1 rings (SSSR count). The summed E-state index contributed by atoms with van der Waals surface area (Å²) in [5.41, 5.74) is 3.36. The fourth-order valence-electron chi connectivity index (χ4n) is 1.42. The first kappa shape index (κ1) is 11.1. The van der Waals surface area contributed by atoms with Gasteiger partial charge in [-0.1, -0.05) is 6.07 Å². The van der Waals surface area contributed by atoms with Crippen LogP contribution in [0.4, 0.5) is 0 Å². The summed E-state index contributed by atoms with van der Waals surface area (Å²) in [5, 5.41) is 8.77. The topological polar surface area (TPSA) is 36.4 Å². The zero-order valence-electron chi connectivity index (χ0n) is 9.12. The van der Waals surface area contributed by atoms with Crippen LogP contribution in [0.5, 0.6) is 0 Å². The van der Waals surface area contributed by atoms with Crippen molar-refractivity contribution in [2.75, 3.05) is 20.2 Å². The Labute approximate surface area is 85.4 Å². The van der Waals surface area contributed by atoms with E-state index in [9.17, 15) is 0 Å². The van der Waals surface area contributed by atoms with Gasteiger partial charge in [-0.05, 0) is 32.5 Å². The van der Waals surface area contributed by atoms with Crippen LogP contribution in [0.2, 0.25) is 0 Å². The maximum absolute atomic E-state index is 8.77. The predicted molar refractivity (Wildman–Crippen MR) is 57.1 cm³/mol. The minimum absolute atomic E-state index is 0.203. The number of rotatable bonds is 4. The molecule has 0 atom stereocenters. The van der Waals surface area contributed by atoms with Crippen LogP contribution < -0.4 is 0 Å². The molecule has 0 aliphatic carbocycles. The van der Waals surface area contributed by atoms with Crippen LogP contribution in [-0.4, -0.2) is 35.2 Å². The molecule has 3 nitrogen and oxygen atoms in total. The van der Waals surface area contributed by atoms with Gasteiger partial charge in [-0.15, -0.1) is 0 Å². The summed E-state index contributed by atoms with van der Waals surface area (Å²) in [6, 6.07) is 4.13. The highest BCUT2D eigenvalue weighted by Crippen LogP contribution is 2.08. The summed E-state index contributed by atoms with van der Waals surface area (Å²) in [6.07, 6.45) is 0. The van der Waals surface area contributed by atoms with Gasteiger partial charge in [0.15, 0.2) is 0 Å². The van der Waals surface area contributed by atoms with Gasteiger partial charge in [-0.2, -0.15) is 0 Å². The third kappa shape index (κ3) is 3.09. The summed E-state index contributed by atoms with van der Waals surface area (Å²) in [7, 11) is 2.00. The van der Waals surface area contributed by atoms with Crippen molar-refractivity contribution in [2.45, 2.75) is 20.4 Å². The molecule has 0 bridgehead atoms. The Morgan fingerprint density at radius 2 is 2.07 bits per heavy atom. The predicted octanol–water partition coefficient (Wildman–Crippen LogP) is 1.12. The smallest absolute Gasteiger partial charge is 0.0558 e. The molecule has 78 valence electrons. The number of aliphatic hydroxyl groups excluding tert-OH is 1. The average molecular weight is 194 g/mol. The molecule has 14 heavy (non-hydrogen) atoms. The van der Waals surface area contributed by atoms with E-state index in [1.165, 1.54) is 5.56 Å². The molecule has 0 aliphatic heterocycles. The Morgan fingerprint density at radius 3 is 2.64 bits per heavy atom. The molecule has 0 fully saturated rings. The number of aromatic nitrogens is 1. The molecule has 0 aliphatic rings. The maximum atomic E-state index is 8.77. The molecule has 0 radical (unpaired) electrons. The molecular weight excluding hydrogens is 176 g/mol. The zero-order chi connectivity index (χ0) is 10.6. The third-order valence-corrected chi connectivity index (χ3v) is 2.26. The largest absolute Gasteiger partial charge is 0.395 e. The van der Waals surface area contributed by atoms with Crippen LogP contribution >= 0.6 is 0 Å². The molecule has 1 heterocycles. The Kier molecular flexibility index (Phi) is 4.04. The molecular formula is C11H18N2O. The molecule has 0 amide bonds. The van der Waals surface area contributed by atoms with Crippen molar-refractivity contribution in [3.8, 4) is 0 Å². The van der Waals surface area contributed by atoms with Crippen LogP contribution in [0.3, 0.4) is 0 Å². The fourth-order valence-corrected chi connectivity index (χ4v) is 1.42. The molecule has 3 heteroatoms. The van der Waals surface area contributed by atoms with E-state index in [4.69, 9.17) is 5.11 Å². The second-order valence-corrected chi connectivity index (χ2v) is 3.66. The molecule has 1 N–H and O–H groups in total. The number of nitrogens with zero attached hydrogens (tertiary/aromatic N) is 2. The number of hydrogen-bond acceptors (Lipinski definition) is 3. The van der Waals surface area contributed by atoms with Gasteiger partial charge < -0.3 is 5.11 Å². The van der Waals surface area contributed by atoms with Crippen molar-refractivity contribution < 1.29 is 5.11 Å². The first-order valence-corrected chi connectivity index (χ1v) is 4.86. The van der Waals surface area contributed by atoms with Gasteiger partial charge in [0.2, 0.25) is 0 Å². The first-order chi connectivity index (χ1) is 6.63. The summed E-state index contributed by atoms with van der Waals surface area (Å²) in [4.78, 5) is 6.48. The first-order valence-electron chi connectivity index (χ1n) is 4.86. The van der Waals surface area contributed by atoms with Gasteiger partial charge in [-0.25, -0.2) is 0 Å². The molecule has 0 aromatic carbocycles. The Bertz CT molecular complexity index is 299. The van der Waals surface area contributed by atoms with Crippen molar-refractivity contribution in [1.29, 1.82) is 0 Å². The molecule has 0 spiro atoms. The standard InChI is InChI=1S/C11H18N2O/c1-9-4-5-11(10(2)12-9)8-13(3)6-7-14/h4-5,14H,6-8H2,1-3H3. The number of likely N-dealkylation sites (N-methyl/N-ethyl adjacent to an activating group) is 1. The summed E-state index contributed by atoms with van der Waals surface area (Å²) < 4.78 is 0. The second-order valence-electron chi connectivity index (χ2n) is 3.66. The number of aliphatic hydroxyl groups is 1. The van der Waals surface area contributed by atoms with E-state index < -0.39 is 0 Å². The quantitative estimate of drug-likeness (QED) is 0.780. The van der Waals surface area contributed by atoms with Crippen LogP contribution in [-0.2, 0) is 6.54 Å². The highest BCUT2D eigenvalue weighted by Gasteiger charge is 2.03. The number of hydrogen-bond donors (Lipinski definition) is 1. The highest BCUT2D eigenvalue weighted by molar-refractivity contribution is 5.21. The van der Waals surface area contributed by atoms with Crippen molar-refractivity contribution in [1.82, 2.24) is 9.88 Å². The Morgan fingerprint density at radius 1 is 1.36 bits per heavy atom. The van der Waals surface area contributed by atoms with Gasteiger partial charge >= 0.3 is 0 Å². The van der Waals surface area contributed by atoms with Crippen LogP contribution in [0.15, 0.2) is 12.1 Å². The molecule has 0 saturated carbocycles. The summed E-state index contributed by atoms with van der Waals surface area (Å²) >= 11 is 0. The lowest BCUT2D eigenvalue weighted by Crippen LogP contribution is -2.22. The third-order valence-electron chi connectivity index (χ3n) is 2.26. The van der Waals surface area contributed by atoms with Crippen molar-refractivity contribution in [2.24, 2.45) is 0 Å². The lowest BCUT2D eigenvalue weighted by atomic mass is 10.2. The minimum Gasteiger partial charge on any atom is -0.395 e. The molecule has 0 saturated heterocycles. The van der Waals surface area contributed by atoms with Crippen LogP contribution in [0.25, 0.3) is 0 Å². The van der Waals surface area contributed by atoms with E-state index >= 15 is 0 Å². The van der Waals surface area contributed by atoms with Gasteiger partial charge in [0.05, 0.1) is 6.61 Å².